The Balaban J connectivity index is 2.17. The second kappa shape index (κ2) is 9.28. The lowest BCUT2D eigenvalue weighted by atomic mass is 10.0. The summed E-state index contributed by atoms with van der Waals surface area (Å²) in [5, 5.41) is 6.07. The smallest absolute Gasteiger partial charge is 0.252 e. The fourth-order valence-corrected chi connectivity index (χ4v) is 2.67. The highest BCUT2D eigenvalue weighted by atomic mass is 35.5. The van der Waals surface area contributed by atoms with Crippen molar-refractivity contribution in [1.82, 2.24) is 5.32 Å². The molecule has 0 bridgehead atoms. The number of rotatable bonds is 7. The quantitative estimate of drug-likeness (QED) is 0.754. The van der Waals surface area contributed by atoms with Gasteiger partial charge < -0.3 is 20.1 Å². The number of benzene rings is 2. The fraction of sp³-hybridized carbons (Fsp3) is 0.300. The van der Waals surface area contributed by atoms with Gasteiger partial charge in [0.05, 0.1) is 14.2 Å². The zero-order chi connectivity index (χ0) is 20.0. The predicted octanol–water partition coefficient (Wildman–Crippen LogP) is 3.75. The third-order valence-corrected chi connectivity index (χ3v) is 4.18. The minimum atomic E-state index is -0.728. The highest BCUT2D eigenvalue weighted by Gasteiger charge is 2.25. The summed E-state index contributed by atoms with van der Waals surface area (Å²) in [7, 11) is 3.01. The van der Waals surface area contributed by atoms with Gasteiger partial charge in [-0.15, -0.1) is 0 Å². The molecule has 1 atom stereocenters. The first-order chi connectivity index (χ1) is 12.8. The number of halogens is 1. The second-order valence-corrected chi connectivity index (χ2v) is 6.73. The van der Waals surface area contributed by atoms with Crippen LogP contribution >= 0.6 is 11.6 Å². The Bertz CT molecular complexity index is 801. The van der Waals surface area contributed by atoms with Gasteiger partial charge >= 0.3 is 0 Å². The molecule has 2 aromatic rings. The number of hydrogen-bond donors (Lipinski definition) is 2. The monoisotopic (exact) mass is 390 g/mol. The minimum Gasteiger partial charge on any atom is -0.497 e. The number of methoxy groups -OCH3 is 2. The third kappa shape index (κ3) is 5.62. The first-order valence-corrected chi connectivity index (χ1v) is 8.82. The number of hydrogen-bond acceptors (Lipinski definition) is 4. The summed E-state index contributed by atoms with van der Waals surface area (Å²) < 4.78 is 10.4. The van der Waals surface area contributed by atoms with Crippen LogP contribution in [-0.2, 0) is 4.79 Å². The van der Waals surface area contributed by atoms with E-state index in [1.807, 2.05) is 13.8 Å². The Morgan fingerprint density at radius 1 is 1.00 bits per heavy atom. The van der Waals surface area contributed by atoms with Crippen LogP contribution in [0.1, 0.15) is 24.2 Å². The van der Waals surface area contributed by atoms with E-state index in [2.05, 4.69) is 10.6 Å². The van der Waals surface area contributed by atoms with Crippen molar-refractivity contribution >= 4 is 29.1 Å². The number of ether oxygens (including phenoxy) is 2. The van der Waals surface area contributed by atoms with E-state index in [9.17, 15) is 9.59 Å². The number of anilines is 1. The molecule has 0 radical (unpaired) electrons. The Kier molecular flexibility index (Phi) is 7.07. The van der Waals surface area contributed by atoms with Crippen molar-refractivity contribution in [3.05, 3.63) is 53.1 Å². The van der Waals surface area contributed by atoms with E-state index in [0.29, 0.717) is 27.8 Å². The van der Waals surface area contributed by atoms with Crippen molar-refractivity contribution in [2.24, 2.45) is 5.92 Å². The van der Waals surface area contributed by atoms with Gasteiger partial charge in [-0.05, 0) is 36.2 Å². The topological polar surface area (TPSA) is 76.7 Å². The van der Waals surface area contributed by atoms with Gasteiger partial charge in [-0.2, -0.15) is 0 Å². The van der Waals surface area contributed by atoms with E-state index in [0.717, 1.165) is 0 Å². The lowest BCUT2D eigenvalue weighted by molar-refractivity contribution is -0.118. The molecule has 27 heavy (non-hydrogen) atoms. The number of carbonyl (C=O) groups excluding carboxylic acids is 2. The largest absolute Gasteiger partial charge is 0.497 e. The van der Waals surface area contributed by atoms with Crippen molar-refractivity contribution in [2.75, 3.05) is 19.5 Å². The summed E-state index contributed by atoms with van der Waals surface area (Å²) in [6.45, 7) is 3.71. The Labute approximate surface area is 163 Å². The van der Waals surface area contributed by atoms with Crippen molar-refractivity contribution in [3.63, 3.8) is 0 Å². The van der Waals surface area contributed by atoms with Gasteiger partial charge in [-0.1, -0.05) is 31.5 Å². The summed E-state index contributed by atoms with van der Waals surface area (Å²) in [6, 6.07) is 10.9. The molecule has 0 saturated carbocycles. The molecular weight excluding hydrogens is 368 g/mol. The third-order valence-electron chi connectivity index (χ3n) is 3.94. The number of amides is 2. The van der Waals surface area contributed by atoms with Crippen LogP contribution in [0.2, 0.25) is 5.02 Å². The van der Waals surface area contributed by atoms with Crippen LogP contribution < -0.4 is 20.1 Å². The van der Waals surface area contributed by atoms with Gasteiger partial charge in [-0.3, -0.25) is 9.59 Å². The Morgan fingerprint density at radius 2 is 1.63 bits per heavy atom. The van der Waals surface area contributed by atoms with Crippen LogP contribution in [0.3, 0.4) is 0 Å². The standard InChI is InChI=1S/C20H23ClN2O4/c1-12(2)18(20(25)22-15-7-5-6-14(21)10-15)23-19(24)13-8-16(26-3)11-17(9-13)27-4/h5-12,18H,1-4H3,(H,22,25)(H,23,24). The predicted molar refractivity (Wildman–Crippen MR) is 106 cm³/mol. The second-order valence-electron chi connectivity index (χ2n) is 6.30. The zero-order valence-corrected chi connectivity index (χ0v) is 16.5. The van der Waals surface area contributed by atoms with Crippen LogP contribution in [-0.4, -0.2) is 32.1 Å². The van der Waals surface area contributed by atoms with Crippen LogP contribution in [0.5, 0.6) is 11.5 Å². The van der Waals surface area contributed by atoms with E-state index in [1.54, 1.807) is 42.5 Å². The van der Waals surface area contributed by atoms with E-state index in [1.165, 1.54) is 14.2 Å². The summed E-state index contributed by atoms with van der Waals surface area (Å²) in [4.78, 5) is 25.3. The molecule has 0 aliphatic rings. The summed E-state index contributed by atoms with van der Waals surface area (Å²) in [5.41, 5.74) is 0.905. The molecule has 0 aliphatic carbocycles. The van der Waals surface area contributed by atoms with Crippen LogP contribution in [0, 0.1) is 5.92 Å². The van der Waals surface area contributed by atoms with Gasteiger partial charge in [0, 0.05) is 22.3 Å². The molecule has 0 fully saturated rings. The van der Waals surface area contributed by atoms with Crippen LogP contribution in [0.25, 0.3) is 0 Å². The SMILES string of the molecule is COc1cc(OC)cc(C(=O)NC(C(=O)Nc2cccc(Cl)c2)C(C)C)c1. The normalized spacial score (nSPS) is 11.6. The molecule has 0 saturated heterocycles. The van der Waals surface area contributed by atoms with Gasteiger partial charge in [0.25, 0.3) is 5.91 Å². The molecule has 2 aromatic carbocycles. The molecular formula is C20H23ClN2O4. The molecule has 6 nitrogen and oxygen atoms in total. The molecule has 0 spiro atoms. The molecule has 7 heteroatoms. The van der Waals surface area contributed by atoms with Crippen molar-refractivity contribution in [1.29, 1.82) is 0 Å². The average molecular weight is 391 g/mol. The minimum absolute atomic E-state index is 0.124. The van der Waals surface area contributed by atoms with Crippen LogP contribution in [0.15, 0.2) is 42.5 Å². The molecule has 0 aliphatic heterocycles. The maximum absolute atomic E-state index is 12.7. The lowest BCUT2D eigenvalue weighted by Crippen LogP contribution is -2.47. The molecule has 2 amide bonds. The molecule has 0 heterocycles. The van der Waals surface area contributed by atoms with E-state index < -0.39 is 11.9 Å². The summed E-state index contributed by atoms with van der Waals surface area (Å²) in [6.07, 6.45) is 0. The average Bonchev–Trinajstić information content (AvgIpc) is 2.64. The van der Waals surface area contributed by atoms with E-state index in [-0.39, 0.29) is 11.8 Å². The molecule has 144 valence electrons. The maximum Gasteiger partial charge on any atom is 0.252 e. The number of carbonyl (C=O) groups is 2. The summed E-state index contributed by atoms with van der Waals surface area (Å²) >= 11 is 5.95. The van der Waals surface area contributed by atoms with Crippen LogP contribution in [0.4, 0.5) is 5.69 Å². The van der Waals surface area contributed by atoms with Crippen molar-refractivity contribution in [3.8, 4) is 11.5 Å². The van der Waals surface area contributed by atoms with Gasteiger partial charge in [0.2, 0.25) is 5.91 Å². The van der Waals surface area contributed by atoms with Gasteiger partial charge in [0.15, 0.2) is 0 Å². The highest BCUT2D eigenvalue weighted by molar-refractivity contribution is 6.30. The van der Waals surface area contributed by atoms with Gasteiger partial charge in [-0.25, -0.2) is 0 Å². The highest BCUT2D eigenvalue weighted by Crippen LogP contribution is 2.23. The van der Waals surface area contributed by atoms with E-state index >= 15 is 0 Å². The first-order valence-electron chi connectivity index (χ1n) is 8.44. The zero-order valence-electron chi connectivity index (χ0n) is 15.7. The molecule has 0 aromatic heterocycles. The molecule has 2 N–H and O–H groups in total. The summed E-state index contributed by atoms with van der Waals surface area (Å²) in [5.74, 6) is 0.135. The molecule has 1 unspecified atom stereocenters. The van der Waals surface area contributed by atoms with Crippen molar-refractivity contribution < 1.29 is 19.1 Å². The Morgan fingerprint density at radius 3 is 2.15 bits per heavy atom. The van der Waals surface area contributed by atoms with E-state index in [4.69, 9.17) is 21.1 Å². The molecule has 2 rings (SSSR count). The maximum atomic E-state index is 12.7. The first kappa shape index (κ1) is 20.6. The lowest BCUT2D eigenvalue weighted by Gasteiger charge is -2.22. The number of nitrogens with one attached hydrogen (secondary N) is 2. The fourth-order valence-electron chi connectivity index (χ4n) is 2.48. The van der Waals surface area contributed by atoms with Gasteiger partial charge in [0.1, 0.15) is 17.5 Å². The van der Waals surface area contributed by atoms with Crippen molar-refractivity contribution in [2.45, 2.75) is 19.9 Å². The Hall–Kier alpha value is -2.73.